The number of carbonyl (C=O) groups excluding carboxylic acids is 2. The summed E-state index contributed by atoms with van der Waals surface area (Å²) < 4.78 is 30.8. The molecule has 0 bridgehead atoms. The van der Waals surface area contributed by atoms with E-state index in [1.54, 1.807) is 35.2 Å². The number of fused-ring (bicyclic) bond motifs is 1. The van der Waals surface area contributed by atoms with Crippen LogP contribution < -0.4 is 9.62 Å². The summed E-state index contributed by atoms with van der Waals surface area (Å²) in [6.07, 6.45) is 10.5. The third-order valence-corrected chi connectivity index (χ3v) is 11.1. The lowest BCUT2D eigenvalue weighted by Gasteiger charge is -2.41. The van der Waals surface area contributed by atoms with Crippen molar-refractivity contribution in [2.75, 3.05) is 18.0 Å². The fourth-order valence-electron chi connectivity index (χ4n) is 5.15. The molecule has 1 saturated carbocycles. The quantitative estimate of drug-likeness (QED) is 0.525. The molecule has 2 aromatic heterocycles. The zero-order valence-corrected chi connectivity index (χ0v) is 23.0. The molecule has 2 unspecified atom stereocenters. The van der Waals surface area contributed by atoms with Crippen molar-refractivity contribution in [3.63, 3.8) is 0 Å². The van der Waals surface area contributed by atoms with Crippen molar-refractivity contribution in [3.8, 4) is 0 Å². The van der Waals surface area contributed by atoms with Crippen molar-refractivity contribution >= 4 is 39.5 Å². The van der Waals surface area contributed by atoms with Crippen LogP contribution in [-0.2, 0) is 35.0 Å². The summed E-state index contributed by atoms with van der Waals surface area (Å²) in [5.41, 5.74) is 1.09. The number of thioether (sulfide) groups is 1. The number of carbonyl (C=O) groups is 2. The number of anilines is 1. The molecule has 0 aromatic carbocycles. The molecule has 3 fully saturated rings. The number of sulfonamides is 1. The van der Waals surface area contributed by atoms with Crippen LogP contribution in [-0.4, -0.2) is 68.9 Å². The predicted molar refractivity (Wildman–Crippen MR) is 143 cm³/mol. The molecule has 3 amide bonds. The zero-order chi connectivity index (χ0) is 26.7. The van der Waals surface area contributed by atoms with Crippen LogP contribution >= 0.6 is 11.8 Å². The Morgan fingerprint density at radius 1 is 1.11 bits per heavy atom. The van der Waals surface area contributed by atoms with Crippen LogP contribution in [0.25, 0.3) is 0 Å². The van der Waals surface area contributed by atoms with E-state index in [0.717, 1.165) is 67.5 Å². The SMILES string of the molecule is Cn1cc(CN2C(=O)C3C=C(S(=O)(=O)NC4(C)CC4)SC3N(Cc3ccc(N4CCCC4)nc3)C2=O)cn1. The van der Waals surface area contributed by atoms with Crippen LogP contribution in [0.1, 0.15) is 43.7 Å². The van der Waals surface area contributed by atoms with E-state index in [2.05, 4.69) is 19.7 Å². The molecule has 3 aliphatic heterocycles. The minimum atomic E-state index is -3.80. The van der Waals surface area contributed by atoms with Gasteiger partial charge in [0.2, 0.25) is 15.9 Å². The van der Waals surface area contributed by atoms with Gasteiger partial charge in [-0.25, -0.2) is 22.9 Å². The van der Waals surface area contributed by atoms with Crippen LogP contribution in [0, 0.1) is 5.92 Å². The van der Waals surface area contributed by atoms with E-state index in [9.17, 15) is 18.0 Å². The molecule has 4 aliphatic rings. The maximum absolute atomic E-state index is 13.7. The van der Waals surface area contributed by atoms with Crippen molar-refractivity contribution in [2.45, 2.75) is 56.6 Å². The highest BCUT2D eigenvalue weighted by molar-refractivity contribution is 8.18. The van der Waals surface area contributed by atoms with Gasteiger partial charge in [0.1, 0.15) is 15.4 Å². The molecule has 0 radical (unpaired) electrons. The number of nitrogens with one attached hydrogen (secondary N) is 1. The molecule has 0 spiro atoms. The summed E-state index contributed by atoms with van der Waals surface area (Å²) in [6.45, 7) is 4.11. The second-order valence-corrected chi connectivity index (χ2v) is 13.8. The molecule has 6 rings (SSSR count). The maximum atomic E-state index is 13.7. The molecule has 2 aromatic rings. The second-order valence-electron chi connectivity index (χ2n) is 10.8. The van der Waals surface area contributed by atoms with Crippen molar-refractivity contribution in [3.05, 3.63) is 52.2 Å². The van der Waals surface area contributed by atoms with Gasteiger partial charge in [0.15, 0.2) is 0 Å². The molecular weight excluding hydrogens is 526 g/mol. The largest absolute Gasteiger partial charge is 0.357 e. The molecule has 38 heavy (non-hydrogen) atoms. The van der Waals surface area contributed by atoms with Crippen LogP contribution in [0.4, 0.5) is 10.6 Å². The van der Waals surface area contributed by atoms with E-state index in [1.165, 1.54) is 11.0 Å². The highest BCUT2D eigenvalue weighted by Crippen LogP contribution is 2.46. The second kappa shape index (κ2) is 9.38. The first-order valence-electron chi connectivity index (χ1n) is 12.8. The van der Waals surface area contributed by atoms with Gasteiger partial charge in [0.05, 0.1) is 25.2 Å². The van der Waals surface area contributed by atoms with Crippen molar-refractivity contribution in [1.82, 2.24) is 29.3 Å². The molecule has 2 saturated heterocycles. The molecule has 2 atom stereocenters. The third kappa shape index (κ3) is 4.82. The fourth-order valence-corrected chi connectivity index (χ4v) is 8.45. The normalized spacial score (nSPS) is 24.7. The topological polar surface area (TPSA) is 121 Å². The predicted octanol–water partition coefficient (Wildman–Crippen LogP) is 2.38. The first kappa shape index (κ1) is 25.4. The molecule has 1 aliphatic carbocycles. The first-order chi connectivity index (χ1) is 18.1. The van der Waals surface area contributed by atoms with Crippen LogP contribution in [0.3, 0.4) is 0 Å². The Hall–Kier alpha value is -2.90. The highest BCUT2D eigenvalue weighted by atomic mass is 32.3. The number of imide groups is 1. The van der Waals surface area contributed by atoms with Gasteiger partial charge in [0, 0.05) is 43.6 Å². The smallest absolute Gasteiger partial charge is 0.328 e. The number of urea groups is 1. The number of aromatic nitrogens is 3. The van der Waals surface area contributed by atoms with Crippen LogP contribution in [0.2, 0.25) is 0 Å². The monoisotopic (exact) mass is 557 g/mol. The number of hydrogen-bond donors (Lipinski definition) is 1. The summed E-state index contributed by atoms with van der Waals surface area (Å²) in [4.78, 5) is 36.9. The standard InChI is InChI=1S/C25H31N7O4S2/c1-25(7-8-25)28-38(35,36)21-11-19-22(33)31(16-18-13-27-29(2)14-18)24(34)32(23(19)37-21)15-17-5-6-20(26-12-17)30-9-3-4-10-30/h5-6,11-14,19,23,28H,3-4,7-10,15-16H2,1-2H3. The summed E-state index contributed by atoms with van der Waals surface area (Å²) in [7, 11) is -2.04. The Bertz CT molecular complexity index is 1390. The first-order valence-corrected chi connectivity index (χ1v) is 15.2. The highest BCUT2D eigenvalue weighted by Gasteiger charge is 2.52. The van der Waals surface area contributed by atoms with Gasteiger partial charge >= 0.3 is 6.03 Å². The number of hydrogen-bond acceptors (Lipinski definition) is 8. The lowest BCUT2D eigenvalue weighted by molar-refractivity contribution is -0.135. The Morgan fingerprint density at radius 2 is 1.87 bits per heavy atom. The molecule has 202 valence electrons. The van der Waals surface area contributed by atoms with E-state index in [-0.39, 0.29) is 17.3 Å². The number of pyridine rings is 1. The average Bonchev–Trinajstić information content (AvgIpc) is 3.34. The Labute approximate surface area is 226 Å². The number of amides is 3. The number of rotatable bonds is 8. The van der Waals surface area contributed by atoms with Crippen molar-refractivity contribution in [1.29, 1.82) is 0 Å². The van der Waals surface area contributed by atoms with Crippen LogP contribution in [0.15, 0.2) is 41.0 Å². The molecule has 13 heteroatoms. The van der Waals surface area contributed by atoms with E-state index in [4.69, 9.17) is 0 Å². The zero-order valence-electron chi connectivity index (χ0n) is 21.4. The molecule has 1 N–H and O–H groups in total. The lowest BCUT2D eigenvalue weighted by atomic mass is 10.0. The third-order valence-electron chi connectivity index (χ3n) is 7.53. The summed E-state index contributed by atoms with van der Waals surface area (Å²) in [5.74, 6) is -0.268. The van der Waals surface area contributed by atoms with Gasteiger partial charge < -0.3 is 9.80 Å². The van der Waals surface area contributed by atoms with Crippen molar-refractivity contribution in [2.24, 2.45) is 13.0 Å². The van der Waals surface area contributed by atoms with E-state index in [0.29, 0.717) is 0 Å². The Balaban J connectivity index is 1.28. The maximum Gasteiger partial charge on any atom is 0.328 e. The summed E-state index contributed by atoms with van der Waals surface area (Å²) in [5, 5.41) is 3.49. The van der Waals surface area contributed by atoms with Gasteiger partial charge in [-0.2, -0.15) is 5.10 Å². The van der Waals surface area contributed by atoms with Gasteiger partial charge in [-0.1, -0.05) is 17.8 Å². The van der Waals surface area contributed by atoms with E-state index >= 15 is 0 Å². The van der Waals surface area contributed by atoms with Crippen molar-refractivity contribution < 1.29 is 18.0 Å². The van der Waals surface area contributed by atoms with E-state index in [1.807, 2.05) is 19.1 Å². The van der Waals surface area contributed by atoms with Gasteiger partial charge in [-0.3, -0.25) is 14.4 Å². The average molecular weight is 558 g/mol. The molecular formula is C25H31N7O4S2. The summed E-state index contributed by atoms with van der Waals surface area (Å²) in [6, 6.07) is 3.46. The fraction of sp³-hybridized carbons (Fsp3) is 0.520. The number of aryl methyl sites for hydroxylation is 1. The van der Waals surface area contributed by atoms with Gasteiger partial charge in [-0.15, -0.1) is 0 Å². The van der Waals surface area contributed by atoms with E-state index < -0.39 is 38.8 Å². The Morgan fingerprint density at radius 3 is 2.50 bits per heavy atom. The molecule has 5 heterocycles. The minimum absolute atomic E-state index is 0.0638. The number of nitrogens with zero attached hydrogens (tertiary/aromatic N) is 6. The van der Waals surface area contributed by atoms with Gasteiger partial charge in [-0.05, 0) is 50.3 Å². The lowest BCUT2D eigenvalue weighted by Crippen LogP contribution is -2.58. The summed E-state index contributed by atoms with van der Waals surface area (Å²) >= 11 is 1.06. The minimum Gasteiger partial charge on any atom is -0.357 e. The van der Waals surface area contributed by atoms with Crippen LogP contribution in [0.5, 0.6) is 0 Å². The molecule has 11 nitrogen and oxygen atoms in total. The van der Waals surface area contributed by atoms with Gasteiger partial charge in [0.25, 0.3) is 0 Å². The Kier molecular flexibility index (Phi) is 6.27.